The van der Waals surface area contributed by atoms with Gasteiger partial charge in [0.15, 0.2) is 0 Å². The highest BCUT2D eigenvalue weighted by molar-refractivity contribution is 5.76. The molecule has 5 nitrogen and oxygen atoms in total. The van der Waals surface area contributed by atoms with E-state index in [1.807, 2.05) is 37.3 Å². The molecule has 5 heteroatoms. The van der Waals surface area contributed by atoms with Crippen LogP contribution in [0, 0.1) is 32.1 Å². The van der Waals surface area contributed by atoms with Gasteiger partial charge in [0, 0.05) is 18.7 Å². The maximum absolute atomic E-state index is 12.1. The van der Waals surface area contributed by atoms with E-state index in [9.17, 15) is 9.59 Å². The Morgan fingerprint density at radius 3 is 2.71 bits per heavy atom. The zero-order valence-corrected chi connectivity index (χ0v) is 14.2. The van der Waals surface area contributed by atoms with Gasteiger partial charge in [0.25, 0.3) is 5.56 Å². The third-order valence-corrected chi connectivity index (χ3v) is 4.09. The molecule has 1 heterocycles. The number of aromatic amines is 1. The fourth-order valence-electron chi connectivity index (χ4n) is 2.77. The number of aromatic nitrogens is 1. The highest BCUT2D eigenvalue weighted by Crippen LogP contribution is 2.15. The molecular formula is C19H21N3O2. The van der Waals surface area contributed by atoms with Crippen molar-refractivity contribution in [3.05, 3.63) is 68.1 Å². The molecular weight excluding hydrogens is 302 g/mol. The van der Waals surface area contributed by atoms with Crippen LogP contribution in [0.4, 0.5) is 0 Å². The quantitative estimate of drug-likeness (QED) is 0.886. The van der Waals surface area contributed by atoms with Gasteiger partial charge in [0.1, 0.15) is 11.6 Å². The number of H-pyrrole nitrogens is 1. The van der Waals surface area contributed by atoms with Crippen LogP contribution in [-0.4, -0.2) is 10.9 Å². The number of carbonyl (C=O) groups is 1. The second kappa shape index (κ2) is 7.60. The first-order valence-corrected chi connectivity index (χ1v) is 7.87. The molecule has 0 saturated carbocycles. The number of hydrogen-bond donors (Lipinski definition) is 2. The summed E-state index contributed by atoms with van der Waals surface area (Å²) < 4.78 is 0. The van der Waals surface area contributed by atoms with Crippen molar-refractivity contribution in [2.75, 3.05) is 0 Å². The molecule has 0 saturated heterocycles. The van der Waals surface area contributed by atoms with Gasteiger partial charge < -0.3 is 10.3 Å². The highest BCUT2D eigenvalue weighted by atomic mass is 16.1. The monoisotopic (exact) mass is 323 g/mol. The molecule has 0 aliphatic carbocycles. The van der Waals surface area contributed by atoms with Crippen LogP contribution in [0.2, 0.25) is 0 Å². The lowest BCUT2D eigenvalue weighted by molar-refractivity contribution is -0.121. The molecule has 0 unspecified atom stereocenters. The Hall–Kier alpha value is -2.87. The molecule has 0 bridgehead atoms. The van der Waals surface area contributed by atoms with Crippen molar-refractivity contribution in [2.24, 2.45) is 0 Å². The van der Waals surface area contributed by atoms with E-state index in [1.54, 1.807) is 13.8 Å². The van der Waals surface area contributed by atoms with Crippen LogP contribution < -0.4 is 10.9 Å². The Labute approximate surface area is 141 Å². The number of nitrogens with zero attached hydrogens (tertiary/aromatic N) is 1. The molecule has 124 valence electrons. The average molecular weight is 323 g/mol. The number of rotatable bonds is 5. The third-order valence-electron chi connectivity index (χ3n) is 4.09. The predicted molar refractivity (Wildman–Crippen MR) is 92.6 cm³/mol. The number of aryl methyl sites for hydroxylation is 2. The maximum Gasteiger partial charge on any atom is 0.266 e. The van der Waals surface area contributed by atoms with Crippen LogP contribution in [0.25, 0.3) is 0 Å². The standard InChI is InChI=1S/C19H21N3O2/c1-12-5-4-6-15(9-12)11-21-18(23)8-7-16-13(2)17(10-20)19(24)22-14(16)3/h4-6,9H,7-8,11H2,1-3H3,(H,21,23)(H,22,24). The molecule has 1 aromatic heterocycles. The number of amides is 1. The Balaban J connectivity index is 2.00. The van der Waals surface area contributed by atoms with Gasteiger partial charge in [0.2, 0.25) is 5.91 Å². The first-order valence-electron chi connectivity index (χ1n) is 7.87. The number of hydrogen-bond acceptors (Lipinski definition) is 3. The molecule has 2 N–H and O–H groups in total. The lowest BCUT2D eigenvalue weighted by Crippen LogP contribution is -2.24. The van der Waals surface area contributed by atoms with E-state index in [4.69, 9.17) is 5.26 Å². The first kappa shape index (κ1) is 17.5. The second-order valence-electron chi connectivity index (χ2n) is 5.94. The van der Waals surface area contributed by atoms with E-state index in [0.29, 0.717) is 30.6 Å². The average Bonchev–Trinajstić information content (AvgIpc) is 2.53. The van der Waals surface area contributed by atoms with Crippen molar-refractivity contribution < 1.29 is 4.79 Å². The minimum Gasteiger partial charge on any atom is -0.352 e. The number of benzene rings is 1. The van der Waals surface area contributed by atoms with Crippen LogP contribution in [-0.2, 0) is 17.8 Å². The van der Waals surface area contributed by atoms with Crippen molar-refractivity contribution in [1.29, 1.82) is 5.26 Å². The van der Waals surface area contributed by atoms with Crippen molar-refractivity contribution in [2.45, 2.75) is 40.2 Å². The SMILES string of the molecule is Cc1cccc(CNC(=O)CCc2c(C)[nH]c(=O)c(C#N)c2C)c1. The van der Waals surface area contributed by atoms with Gasteiger partial charge >= 0.3 is 0 Å². The van der Waals surface area contributed by atoms with Gasteiger partial charge in [-0.05, 0) is 43.9 Å². The predicted octanol–water partition coefficient (Wildman–Crippen LogP) is 2.42. The fourth-order valence-corrected chi connectivity index (χ4v) is 2.77. The topological polar surface area (TPSA) is 85.8 Å². The summed E-state index contributed by atoms with van der Waals surface area (Å²) in [5.41, 5.74) is 4.19. The summed E-state index contributed by atoms with van der Waals surface area (Å²) in [7, 11) is 0. The van der Waals surface area contributed by atoms with E-state index in [1.165, 1.54) is 0 Å². The zero-order valence-electron chi connectivity index (χ0n) is 14.2. The van der Waals surface area contributed by atoms with E-state index in [2.05, 4.69) is 10.3 Å². The van der Waals surface area contributed by atoms with E-state index in [0.717, 1.165) is 16.7 Å². The fraction of sp³-hybridized carbons (Fsp3) is 0.316. The van der Waals surface area contributed by atoms with Gasteiger partial charge in [-0.2, -0.15) is 5.26 Å². The normalized spacial score (nSPS) is 10.2. The van der Waals surface area contributed by atoms with Crippen LogP contribution in [0.1, 0.15) is 39.9 Å². The molecule has 0 atom stereocenters. The molecule has 2 rings (SSSR count). The molecule has 1 amide bonds. The number of nitrogens with one attached hydrogen (secondary N) is 2. The molecule has 0 spiro atoms. The largest absolute Gasteiger partial charge is 0.352 e. The third kappa shape index (κ3) is 4.11. The van der Waals surface area contributed by atoms with Crippen LogP contribution >= 0.6 is 0 Å². The Morgan fingerprint density at radius 1 is 1.29 bits per heavy atom. The molecule has 0 aliphatic heterocycles. The summed E-state index contributed by atoms with van der Waals surface area (Å²) in [6.45, 7) is 6.05. The highest BCUT2D eigenvalue weighted by Gasteiger charge is 2.13. The first-order chi connectivity index (χ1) is 11.4. The second-order valence-corrected chi connectivity index (χ2v) is 5.94. The summed E-state index contributed by atoms with van der Waals surface area (Å²) in [5.74, 6) is -0.0555. The Bertz CT molecular complexity index is 860. The van der Waals surface area contributed by atoms with Crippen LogP contribution in [0.15, 0.2) is 29.1 Å². The minimum atomic E-state index is -0.375. The number of pyridine rings is 1. The van der Waals surface area contributed by atoms with Crippen molar-refractivity contribution in [3.63, 3.8) is 0 Å². The Morgan fingerprint density at radius 2 is 2.04 bits per heavy atom. The van der Waals surface area contributed by atoms with Crippen molar-refractivity contribution in [1.82, 2.24) is 10.3 Å². The van der Waals surface area contributed by atoms with E-state index >= 15 is 0 Å². The van der Waals surface area contributed by atoms with Gasteiger partial charge in [-0.3, -0.25) is 9.59 Å². The maximum atomic E-state index is 12.1. The van der Waals surface area contributed by atoms with Gasteiger partial charge in [0.05, 0.1) is 0 Å². The van der Waals surface area contributed by atoms with Gasteiger partial charge in [-0.1, -0.05) is 29.8 Å². The zero-order chi connectivity index (χ0) is 17.7. The molecule has 24 heavy (non-hydrogen) atoms. The summed E-state index contributed by atoms with van der Waals surface area (Å²) in [6, 6.07) is 9.92. The summed E-state index contributed by atoms with van der Waals surface area (Å²) in [4.78, 5) is 26.5. The lowest BCUT2D eigenvalue weighted by Gasteiger charge is -2.11. The van der Waals surface area contributed by atoms with Gasteiger partial charge in [-0.15, -0.1) is 0 Å². The summed E-state index contributed by atoms with van der Waals surface area (Å²) in [5, 5.41) is 12.0. The molecule has 0 aliphatic rings. The van der Waals surface area contributed by atoms with Crippen LogP contribution in [0.5, 0.6) is 0 Å². The van der Waals surface area contributed by atoms with Crippen LogP contribution in [0.3, 0.4) is 0 Å². The van der Waals surface area contributed by atoms with Gasteiger partial charge in [-0.25, -0.2) is 0 Å². The molecule has 0 fully saturated rings. The van der Waals surface area contributed by atoms with Crippen molar-refractivity contribution >= 4 is 5.91 Å². The molecule has 1 aromatic carbocycles. The van der Waals surface area contributed by atoms with Crippen molar-refractivity contribution in [3.8, 4) is 6.07 Å². The number of nitriles is 1. The lowest BCUT2D eigenvalue weighted by atomic mass is 9.99. The number of carbonyl (C=O) groups excluding carboxylic acids is 1. The molecule has 2 aromatic rings. The van der Waals surface area contributed by atoms with E-state index < -0.39 is 0 Å². The smallest absolute Gasteiger partial charge is 0.266 e. The summed E-state index contributed by atoms with van der Waals surface area (Å²) >= 11 is 0. The minimum absolute atomic E-state index is 0.0555. The van der Waals surface area contributed by atoms with E-state index in [-0.39, 0.29) is 17.0 Å². The summed E-state index contributed by atoms with van der Waals surface area (Å²) in [6.07, 6.45) is 0.799. The Kier molecular flexibility index (Phi) is 5.54. The molecule has 0 radical (unpaired) electrons.